The van der Waals surface area contributed by atoms with Gasteiger partial charge in [0.15, 0.2) is 5.69 Å². The van der Waals surface area contributed by atoms with Gasteiger partial charge in [0, 0.05) is 23.2 Å². The molecule has 7 heteroatoms. The number of esters is 1. The SMILES string of the molecule is Cc1ccc2nc(COC(=O)c3csc(-c4ccccc4)n3)cc(=O)n2c1. The minimum absolute atomic E-state index is 0.0867. The quantitative estimate of drug-likeness (QED) is 0.509. The number of carbonyl (C=O) groups excluding carboxylic acids is 1. The normalized spacial score (nSPS) is 10.9. The first-order valence-corrected chi connectivity index (χ1v) is 9.15. The second kappa shape index (κ2) is 7.13. The molecule has 0 radical (unpaired) electrons. The molecule has 4 rings (SSSR count). The molecule has 0 atom stereocenters. The number of pyridine rings is 1. The number of aromatic nitrogens is 3. The Morgan fingerprint density at radius 2 is 1.96 bits per heavy atom. The van der Waals surface area contributed by atoms with Gasteiger partial charge in [-0.15, -0.1) is 11.3 Å². The zero-order valence-electron chi connectivity index (χ0n) is 14.5. The molecule has 0 bridgehead atoms. The standard InChI is InChI=1S/C20H15N3O3S/c1-13-7-8-17-21-15(9-18(24)23(17)10-13)11-26-20(25)16-12-27-19(22-16)14-5-3-2-4-6-14/h2-10,12H,11H2,1H3. The molecular formula is C20H15N3O3S. The van der Waals surface area contributed by atoms with Crippen molar-refractivity contribution in [1.82, 2.24) is 14.4 Å². The number of thiazole rings is 1. The molecule has 1 aromatic carbocycles. The summed E-state index contributed by atoms with van der Waals surface area (Å²) in [5.74, 6) is -0.542. The number of aryl methyl sites for hydroxylation is 1. The fourth-order valence-corrected chi connectivity index (χ4v) is 3.42. The molecule has 0 saturated carbocycles. The fraction of sp³-hybridized carbons (Fsp3) is 0.100. The van der Waals surface area contributed by atoms with Gasteiger partial charge in [-0.1, -0.05) is 36.4 Å². The number of carbonyl (C=O) groups is 1. The first kappa shape index (κ1) is 17.1. The van der Waals surface area contributed by atoms with E-state index in [4.69, 9.17) is 4.74 Å². The average molecular weight is 377 g/mol. The molecule has 4 aromatic rings. The Morgan fingerprint density at radius 1 is 1.15 bits per heavy atom. The van der Waals surface area contributed by atoms with Crippen molar-refractivity contribution in [1.29, 1.82) is 0 Å². The van der Waals surface area contributed by atoms with Crippen molar-refractivity contribution in [3.63, 3.8) is 0 Å². The van der Waals surface area contributed by atoms with Crippen molar-refractivity contribution in [2.45, 2.75) is 13.5 Å². The third kappa shape index (κ3) is 3.63. The summed E-state index contributed by atoms with van der Waals surface area (Å²) in [7, 11) is 0. The molecule has 3 aromatic heterocycles. The number of rotatable bonds is 4. The fourth-order valence-electron chi connectivity index (χ4n) is 2.63. The summed E-state index contributed by atoms with van der Waals surface area (Å²) in [6, 6.07) is 14.6. The zero-order chi connectivity index (χ0) is 18.8. The van der Waals surface area contributed by atoms with Gasteiger partial charge in [-0.3, -0.25) is 9.20 Å². The molecule has 0 aliphatic heterocycles. The molecule has 134 valence electrons. The molecule has 6 nitrogen and oxygen atoms in total. The summed E-state index contributed by atoms with van der Waals surface area (Å²) in [6.07, 6.45) is 1.72. The molecule has 0 amide bonds. The van der Waals surface area contributed by atoms with Crippen LogP contribution in [0.3, 0.4) is 0 Å². The Hall–Kier alpha value is -3.32. The van der Waals surface area contributed by atoms with Crippen molar-refractivity contribution in [2.75, 3.05) is 0 Å². The lowest BCUT2D eigenvalue weighted by molar-refractivity contribution is 0.0462. The van der Waals surface area contributed by atoms with Crippen molar-refractivity contribution in [3.05, 3.63) is 87.4 Å². The van der Waals surface area contributed by atoms with Crippen LogP contribution in [0.5, 0.6) is 0 Å². The number of nitrogens with zero attached hydrogens (tertiary/aromatic N) is 3. The maximum atomic E-state index is 12.3. The summed E-state index contributed by atoms with van der Waals surface area (Å²) < 4.78 is 6.75. The van der Waals surface area contributed by atoms with Gasteiger partial charge >= 0.3 is 5.97 Å². The van der Waals surface area contributed by atoms with Crippen LogP contribution in [0.25, 0.3) is 16.2 Å². The Balaban J connectivity index is 1.50. The summed E-state index contributed by atoms with van der Waals surface area (Å²) in [5.41, 5.74) is 2.85. The molecule has 0 unspecified atom stereocenters. The zero-order valence-corrected chi connectivity index (χ0v) is 15.3. The molecule has 0 aliphatic rings. The Morgan fingerprint density at radius 3 is 2.78 bits per heavy atom. The lowest BCUT2D eigenvalue weighted by Gasteiger charge is -2.05. The number of fused-ring (bicyclic) bond motifs is 1. The van der Waals surface area contributed by atoms with E-state index >= 15 is 0 Å². The second-order valence-corrected chi connectivity index (χ2v) is 6.86. The van der Waals surface area contributed by atoms with Crippen LogP contribution in [0.2, 0.25) is 0 Å². The van der Waals surface area contributed by atoms with E-state index in [2.05, 4.69) is 9.97 Å². The summed E-state index contributed by atoms with van der Waals surface area (Å²) in [4.78, 5) is 33.2. The van der Waals surface area contributed by atoms with E-state index in [-0.39, 0.29) is 17.9 Å². The highest BCUT2D eigenvalue weighted by Crippen LogP contribution is 2.23. The van der Waals surface area contributed by atoms with E-state index in [0.29, 0.717) is 11.3 Å². The maximum Gasteiger partial charge on any atom is 0.358 e. The van der Waals surface area contributed by atoms with E-state index in [9.17, 15) is 9.59 Å². The monoisotopic (exact) mass is 377 g/mol. The van der Waals surface area contributed by atoms with Gasteiger partial charge in [0.1, 0.15) is 17.3 Å². The van der Waals surface area contributed by atoms with E-state index in [0.717, 1.165) is 16.1 Å². The highest BCUT2D eigenvalue weighted by Gasteiger charge is 2.14. The third-order valence-electron chi connectivity index (χ3n) is 3.95. The minimum Gasteiger partial charge on any atom is -0.454 e. The lowest BCUT2D eigenvalue weighted by atomic mass is 10.2. The van der Waals surface area contributed by atoms with Crippen molar-refractivity contribution < 1.29 is 9.53 Å². The van der Waals surface area contributed by atoms with Gasteiger partial charge in [0.25, 0.3) is 5.56 Å². The van der Waals surface area contributed by atoms with Crippen LogP contribution in [-0.2, 0) is 11.3 Å². The number of hydrogen-bond donors (Lipinski definition) is 0. The van der Waals surface area contributed by atoms with Gasteiger partial charge in [-0.05, 0) is 18.6 Å². The summed E-state index contributed by atoms with van der Waals surface area (Å²) in [6.45, 7) is 1.82. The highest BCUT2D eigenvalue weighted by molar-refractivity contribution is 7.13. The third-order valence-corrected chi connectivity index (χ3v) is 4.84. The van der Waals surface area contributed by atoms with Gasteiger partial charge in [0.05, 0.1) is 5.69 Å². The van der Waals surface area contributed by atoms with Crippen LogP contribution < -0.4 is 5.56 Å². The molecular weight excluding hydrogens is 362 g/mol. The van der Waals surface area contributed by atoms with Crippen molar-refractivity contribution in [3.8, 4) is 10.6 Å². The molecule has 0 saturated heterocycles. The van der Waals surface area contributed by atoms with Crippen LogP contribution in [-0.4, -0.2) is 20.3 Å². The Labute approximate surface area is 158 Å². The minimum atomic E-state index is -0.542. The molecule has 0 N–H and O–H groups in total. The van der Waals surface area contributed by atoms with E-state index < -0.39 is 5.97 Å². The second-order valence-electron chi connectivity index (χ2n) is 6.00. The van der Waals surface area contributed by atoms with Crippen molar-refractivity contribution in [2.24, 2.45) is 0 Å². The predicted octanol–water partition coefficient (Wildman–Crippen LogP) is 3.48. The number of hydrogen-bond acceptors (Lipinski definition) is 6. The molecule has 0 spiro atoms. The van der Waals surface area contributed by atoms with E-state index in [1.807, 2.05) is 43.3 Å². The highest BCUT2D eigenvalue weighted by atomic mass is 32.1. The Kier molecular flexibility index (Phi) is 4.52. The maximum absolute atomic E-state index is 12.3. The molecule has 0 fully saturated rings. The molecule has 0 aliphatic carbocycles. The predicted molar refractivity (Wildman–Crippen MR) is 103 cm³/mol. The van der Waals surface area contributed by atoms with E-state index in [1.165, 1.54) is 21.8 Å². The first-order valence-electron chi connectivity index (χ1n) is 8.27. The summed E-state index contributed by atoms with van der Waals surface area (Å²) in [5, 5.41) is 2.41. The van der Waals surface area contributed by atoms with Crippen LogP contribution in [0.1, 0.15) is 21.7 Å². The van der Waals surface area contributed by atoms with E-state index in [1.54, 1.807) is 17.6 Å². The van der Waals surface area contributed by atoms with Crippen molar-refractivity contribution >= 4 is 23.0 Å². The van der Waals surface area contributed by atoms with Gasteiger partial charge in [-0.2, -0.15) is 0 Å². The average Bonchev–Trinajstić information content (AvgIpc) is 3.18. The van der Waals surface area contributed by atoms with Crippen LogP contribution >= 0.6 is 11.3 Å². The largest absolute Gasteiger partial charge is 0.454 e. The lowest BCUT2D eigenvalue weighted by Crippen LogP contribution is -2.17. The molecule has 3 heterocycles. The Bertz CT molecular complexity index is 1180. The first-order chi connectivity index (χ1) is 13.1. The van der Waals surface area contributed by atoms with Gasteiger partial charge < -0.3 is 4.74 Å². The van der Waals surface area contributed by atoms with Gasteiger partial charge in [-0.25, -0.2) is 14.8 Å². The number of benzene rings is 1. The number of ether oxygens (including phenoxy) is 1. The van der Waals surface area contributed by atoms with Gasteiger partial charge in [0.2, 0.25) is 0 Å². The van der Waals surface area contributed by atoms with Crippen LogP contribution in [0.4, 0.5) is 0 Å². The van der Waals surface area contributed by atoms with Crippen LogP contribution in [0, 0.1) is 6.92 Å². The topological polar surface area (TPSA) is 73.6 Å². The summed E-state index contributed by atoms with van der Waals surface area (Å²) >= 11 is 1.38. The van der Waals surface area contributed by atoms with Crippen LogP contribution in [0.15, 0.2) is 64.9 Å². The molecule has 27 heavy (non-hydrogen) atoms. The smallest absolute Gasteiger partial charge is 0.358 e.